The first-order valence-electron chi connectivity index (χ1n) is 11.6. The minimum atomic E-state index is -0.491. The minimum Gasteiger partial charge on any atom is -0.507 e. The van der Waals surface area contributed by atoms with Crippen LogP contribution in [-0.2, 0) is 11.2 Å². The Bertz CT molecular complexity index is 923. The molecule has 0 heterocycles. The number of hydrogen-bond acceptors (Lipinski definition) is 4. The van der Waals surface area contributed by atoms with Gasteiger partial charge in [0.2, 0.25) is 0 Å². The van der Waals surface area contributed by atoms with E-state index in [4.69, 9.17) is 9.47 Å². The van der Waals surface area contributed by atoms with Crippen molar-refractivity contribution >= 4 is 11.8 Å². The van der Waals surface area contributed by atoms with Gasteiger partial charge in [-0.3, -0.25) is 0 Å². The molecule has 0 aliphatic heterocycles. The molecule has 1 amide bonds. The summed E-state index contributed by atoms with van der Waals surface area (Å²) >= 11 is 0. The van der Waals surface area contributed by atoms with E-state index in [0.29, 0.717) is 17.2 Å². The number of hydrogen-bond donors (Lipinski definition) is 1. The van der Waals surface area contributed by atoms with E-state index in [0.717, 1.165) is 61.6 Å². The lowest BCUT2D eigenvalue weighted by Crippen LogP contribution is -2.34. The number of carbonyl (C=O) groups is 1. The Morgan fingerprint density at radius 1 is 1.22 bits per heavy atom. The van der Waals surface area contributed by atoms with Gasteiger partial charge < -0.3 is 14.6 Å². The molecule has 32 heavy (non-hydrogen) atoms. The van der Waals surface area contributed by atoms with Gasteiger partial charge in [-0.05, 0) is 68.4 Å². The highest BCUT2D eigenvalue weighted by Gasteiger charge is 2.25. The number of aryl methyl sites for hydroxylation is 1. The first-order valence-corrected chi connectivity index (χ1v) is 11.6. The van der Waals surface area contributed by atoms with Gasteiger partial charge in [0.15, 0.2) is 6.73 Å². The molecule has 172 valence electrons. The SMILES string of the molecule is CCCCCc1cc(OCN(C(=O)OC)c2ccccc2)c(C2C=CCCC2)c(O)c1C. The van der Waals surface area contributed by atoms with E-state index in [1.165, 1.54) is 12.0 Å². The number of benzene rings is 2. The first-order chi connectivity index (χ1) is 15.6. The summed E-state index contributed by atoms with van der Waals surface area (Å²) in [4.78, 5) is 13.9. The van der Waals surface area contributed by atoms with E-state index >= 15 is 0 Å². The third-order valence-electron chi connectivity index (χ3n) is 6.15. The number of nitrogens with zero attached hydrogens (tertiary/aromatic N) is 1. The minimum absolute atomic E-state index is 0.00295. The van der Waals surface area contributed by atoms with Gasteiger partial charge in [-0.15, -0.1) is 0 Å². The normalized spacial score (nSPS) is 15.4. The number of phenols is 1. The number of aromatic hydroxyl groups is 1. The number of phenolic OH excluding ortho intramolecular Hbond substituents is 1. The quantitative estimate of drug-likeness (QED) is 0.264. The Morgan fingerprint density at radius 2 is 2.00 bits per heavy atom. The van der Waals surface area contributed by atoms with Crippen LogP contribution in [0.1, 0.15) is 68.1 Å². The molecule has 0 saturated carbocycles. The number of rotatable bonds is 9. The molecule has 1 unspecified atom stereocenters. The molecule has 1 N–H and O–H groups in total. The number of ether oxygens (including phenoxy) is 2. The summed E-state index contributed by atoms with van der Waals surface area (Å²) in [5, 5.41) is 11.2. The average Bonchev–Trinajstić information content (AvgIpc) is 2.83. The number of anilines is 1. The molecule has 0 saturated heterocycles. The van der Waals surface area contributed by atoms with Crippen LogP contribution in [0.5, 0.6) is 11.5 Å². The van der Waals surface area contributed by atoms with Crippen molar-refractivity contribution in [1.29, 1.82) is 0 Å². The molecule has 5 nitrogen and oxygen atoms in total. The van der Waals surface area contributed by atoms with Gasteiger partial charge in [0.1, 0.15) is 11.5 Å². The van der Waals surface area contributed by atoms with Crippen LogP contribution in [0.15, 0.2) is 48.6 Å². The van der Waals surface area contributed by atoms with E-state index in [-0.39, 0.29) is 12.6 Å². The van der Waals surface area contributed by atoms with Gasteiger partial charge in [0.25, 0.3) is 0 Å². The summed E-state index contributed by atoms with van der Waals surface area (Å²) in [5.41, 5.74) is 3.53. The second-order valence-electron chi connectivity index (χ2n) is 8.35. The highest BCUT2D eigenvalue weighted by molar-refractivity contribution is 5.87. The molecule has 5 heteroatoms. The van der Waals surface area contributed by atoms with Gasteiger partial charge in [0.05, 0.1) is 12.8 Å². The van der Waals surface area contributed by atoms with Crippen LogP contribution < -0.4 is 9.64 Å². The Hall–Kier alpha value is -2.95. The van der Waals surface area contributed by atoms with Crippen LogP contribution in [0.4, 0.5) is 10.5 Å². The maximum Gasteiger partial charge on any atom is 0.416 e. The van der Waals surface area contributed by atoms with Crippen molar-refractivity contribution in [1.82, 2.24) is 0 Å². The lowest BCUT2D eigenvalue weighted by molar-refractivity contribution is 0.170. The van der Waals surface area contributed by atoms with E-state index in [2.05, 4.69) is 25.1 Å². The lowest BCUT2D eigenvalue weighted by Gasteiger charge is -2.26. The number of allylic oxidation sites excluding steroid dienone is 2. The third kappa shape index (κ3) is 5.64. The number of amides is 1. The molecule has 0 aromatic heterocycles. The van der Waals surface area contributed by atoms with Crippen LogP contribution in [0.3, 0.4) is 0 Å². The largest absolute Gasteiger partial charge is 0.507 e. The second-order valence-corrected chi connectivity index (χ2v) is 8.35. The zero-order valence-corrected chi connectivity index (χ0v) is 19.5. The topological polar surface area (TPSA) is 59.0 Å². The predicted octanol–water partition coefficient (Wildman–Crippen LogP) is 6.87. The van der Waals surface area contributed by atoms with Gasteiger partial charge in [0, 0.05) is 11.5 Å². The number of unbranched alkanes of at least 4 members (excludes halogenated alkanes) is 2. The van der Waals surface area contributed by atoms with E-state index in [1.807, 2.05) is 37.3 Å². The van der Waals surface area contributed by atoms with Gasteiger partial charge in [-0.25, -0.2) is 9.69 Å². The Kier molecular flexibility index (Phi) is 8.60. The number of carbonyl (C=O) groups excluding carboxylic acids is 1. The fourth-order valence-corrected chi connectivity index (χ4v) is 4.26. The van der Waals surface area contributed by atoms with Gasteiger partial charge in [-0.1, -0.05) is 50.1 Å². The molecule has 0 spiro atoms. The van der Waals surface area contributed by atoms with Crippen molar-refractivity contribution in [2.45, 2.75) is 64.7 Å². The van der Waals surface area contributed by atoms with Crippen LogP contribution in [0, 0.1) is 6.92 Å². The second kappa shape index (κ2) is 11.6. The van der Waals surface area contributed by atoms with Crippen LogP contribution in [-0.4, -0.2) is 25.0 Å². The smallest absolute Gasteiger partial charge is 0.416 e. The number of para-hydroxylation sites is 1. The Labute approximate surface area is 191 Å². The van der Waals surface area contributed by atoms with Gasteiger partial charge in [-0.2, -0.15) is 0 Å². The highest BCUT2D eigenvalue weighted by Crippen LogP contribution is 2.43. The molecule has 0 radical (unpaired) electrons. The van der Waals surface area contributed by atoms with E-state index in [9.17, 15) is 9.90 Å². The van der Waals surface area contributed by atoms with Crippen LogP contribution >= 0.6 is 0 Å². The molecule has 0 fully saturated rings. The van der Waals surface area contributed by atoms with Crippen molar-refractivity contribution in [3.63, 3.8) is 0 Å². The average molecular weight is 438 g/mol. The maximum absolute atomic E-state index is 12.4. The summed E-state index contributed by atoms with van der Waals surface area (Å²) in [6, 6.07) is 11.4. The van der Waals surface area contributed by atoms with Crippen molar-refractivity contribution in [3.05, 3.63) is 65.2 Å². The summed E-state index contributed by atoms with van der Waals surface area (Å²) in [5.74, 6) is 1.06. The predicted molar refractivity (Wildman–Crippen MR) is 129 cm³/mol. The summed E-state index contributed by atoms with van der Waals surface area (Å²) in [7, 11) is 1.36. The molecule has 3 rings (SSSR count). The maximum atomic E-state index is 12.4. The van der Waals surface area contributed by atoms with Crippen molar-refractivity contribution in [3.8, 4) is 11.5 Å². The van der Waals surface area contributed by atoms with Crippen LogP contribution in [0.2, 0.25) is 0 Å². The monoisotopic (exact) mass is 437 g/mol. The Balaban J connectivity index is 1.95. The van der Waals surface area contributed by atoms with Gasteiger partial charge >= 0.3 is 6.09 Å². The summed E-state index contributed by atoms with van der Waals surface area (Å²) in [6.07, 6.45) is 11.2. The zero-order valence-electron chi connectivity index (χ0n) is 19.5. The molecule has 1 aliphatic carbocycles. The zero-order chi connectivity index (χ0) is 22.9. The summed E-state index contributed by atoms with van der Waals surface area (Å²) < 4.78 is 11.2. The molecule has 1 aliphatic rings. The molecular weight excluding hydrogens is 402 g/mol. The van der Waals surface area contributed by atoms with E-state index < -0.39 is 6.09 Å². The molecule has 0 bridgehead atoms. The van der Waals surface area contributed by atoms with Crippen LogP contribution in [0.25, 0.3) is 0 Å². The molecule has 1 atom stereocenters. The van der Waals surface area contributed by atoms with Crippen molar-refractivity contribution in [2.75, 3.05) is 18.7 Å². The molecular formula is C27H35NO4. The fraction of sp³-hybridized carbons (Fsp3) is 0.444. The lowest BCUT2D eigenvalue weighted by atomic mass is 9.85. The highest BCUT2D eigenvalue weighted by atomic mass is 16.6. The molecule has 2 aromatic carbocycles. The number of methoxy groups -OCH3 is 1. The first kappa shape index (κ1) is 23.7. The summed E-state index contributed by atoms with van der Waals surface area (Å²) in [6.45, 7) is 4.17. The van der Waals surface area contributed by atoms with Crippen molar-refractivity contribution < 1.29 is 19.4 Å². The standard InChI is InChI=1S/C27H35NO4/c1-4-5-8-15-22-18-24(25(26(29)20(22)2)21-13-9-6-10-14-21)32-19-28(27(30)31-3)23-16-11-7-12-17-23/h7,9,11-13,16-18,21,29H,4-6,8,10,14-15,19H2,1-3H3. The Morgan fingerprint density at radius 3 is 2.66 bits per heavy atom. The molecule has 2 aromatic rings. The third-order valence-corrected chi connectivity index (χ3v) is 6.15. The van der Waals surface area contributed by atoms with Crippen molar-refractivity contribution in [2.24, 2.45) is 0 Å². The van der Waals surface area contributed by atoms with E-state index in [1.54, 1.807) is 0 Å². The fourth-order valence-electron chi connectivity index (χ4n) is 4.26.